The molecule has 0 rings (SSSR count). The molecule has 0 saturated heterocycles. The van der Waals surface area contributed by atoms with E-state index in [0.29, 0.717) is 6.61 Å². The van der Waals surface area contributed by atoms with Crippen molar-refractivity contribution in [3.63, 3.8) is 0 Å². The summed E-state index contributed by atoms with van der Waals surface area (Å²) in [7, 11) is 0. The van der Waals surface area contributed by atoms with Gasteiger partial charge < -0.3 is 9.47 Å². The fraction of sp³-hybridized carbons (Fsp3) is 0.857. The van der Waals surface area contributed by atoms with E-state index < -0.39 is 5.60 Å². The third-order valence-corrected chi connectivity index (χ3v) is 2.62. The molecule has 0 aromatic heterocycles. The van der Waals surface area contributed by atoms with Crippen LogP contribution in [0, 0.1) is 5.92 Å². The number of ether oxygens (including phenoxy) is 2. The summed E-state index contributed by atoms with van der Waals surface area (Å²) in [5.41, 5.74) is -1.11. The van der Waals surface area contributed by atoms with Crippen molar-refractivity contribution < 1.29 is 19.1 Å². The quantitative estimate of drug-likeness (QED) is 0.471. The first-order chi connectivity index (χ1) is 8.31. The zero-order valence-electron chi connectivity index (χ0n) is 12.2. The number of Topliss-reactive ketones (excluding diaryl/α,β-unsaturated/α-hetero) is 1. The SMILES string of the molecule is CCCCCOCC(=O)C(C)(C)OC(=O)C(C)C. The molecule has 0 aliphatic heterocycles. The number of hydrogen-bond acceptors (Lipinski definition) is 4. The van der Waals surface area contributed by atoms with E-state index in [1.165, 1.54) is 0 Å². The lowest BCUT2D eigenvalue weighted by molar-refractivity contribution is -0.168. The number of hydrogen-bond donors (Lipinski definition) is 0. The van der Waals surface area contributed by atoms with Gasteiger partial charge >= 0.3 is 5.97 Å². The highest BCUT2D eigenvalue weighted by Gasteiger charge is 2.32. The highest BCUT2D eigenvalue weighted by molar-refractivity contribution is 5.90. The monoisotopic (exact) mass is 258 g/mol. The lowest BCUT2D eigenvalue weighted by atomic mass is 10.0. The summed E-state index contributed by atoms with van der Waals surface area (Å²) in [6.07, 6.45) is 3.17. The van der Waals surface area contributed by atoms with Gasteiger partial charge in [-0.15, -0.1) is 0 Å². The predicted octanol–water partition coefficient (Wildman–Crippen LogP) is 2.74. The first kappa shape index (κ1) is 17.1. The second-order valence-electron chi connectivity index (χ2n) is 5.27. The van der Waals surface area contributed by atoms with Crippen molar-refractivity contribution in [2.24, 2.45) is 5.92 Å². The number of ketones is 1. The first-order valence-corrected chi connectivity index (χ1v) is 6.65. The standard InChI is InChI=1S/C14H26O4/c1-6-7-8-9-17-10-12(15)14(4,5)18-13(16)11(2)3/h11H,6-10H2,1-5H3. The molecule has 18 heavy (non-hydrogen) atoms. The summed E-state index contributed by atoms with van der Waals surface area (Å²) in [4.78, 5) is 23.3. The second kappa shape index (κ2) is 8.25. The maximum atomic E-state index is 11.9. The smallest absolute Gasteiger partial charge is 0.309 e. The molecule has 4 nitrogen and oxygen atoms in total. The van der Waals surface area contributed by atoms with Crippen LogP contribution in [0.5, 0.6) is 0 Å². The number of carbonyl (C=O) groups excluding carboxylic acids is 2. The van der Waals surface area contributed by atoms with Crippen LogP contribution in [0.15, 0.2) is 0 Å². The number of rotatable bonds is 9. The van der Waals surface area contributed by atoms with Gasteiger partial charge in [-0.3, -0.25) is 9.59 Å². The molecule has 106 valence electrons. The number of esters is 1. The third kappa shape index (κ3) is 6.74. The normalized spacial score (nSPS) is 11.7. The summed E-state index contributed by atoms with van der Waals surface area (Å²) in [6.45, 7) is 9.37. The van der Waals surface area contributed by atoms with Crippen molar-refractivity contribution in [3.05, 3.63) is 0 Å². The highest BCUT2D eigenvalue weighted by Crippen LogP contribution is 2.14. The molecule has 0 fully saturated rings. The minimum atomic E-state index is -1.11. The largest absolute Gasteiger partial charge is 0.451 e. The molecule has 0 amide bonds. The van der Waals surface area contributed by atoms with Gasteiger partial charge in [0.1, 0.15) is 6.61 Å². The molecular weight excluding hydrogens is 232 g/mol. The van der Waals surface area contributed by atoms with Crippen molar-refractivity contribution >= 4 is 11.8 Å². The zero-order chi connectivity index (χ0) is 14.2. The fourth-order valence-electron chi connectivity index (χ4n) is 1.22. The van der Waals surface area contributed by atoms with Crippen molar-refractivity contribution in [2.75, 3.05) is 13.2 Å². The molecule has 0 spiro atoms. The summed E-state index contributed by atoms with van der Waals surface area (Å²) in [5, 5.41) is 0. The summed E-state index contributed by atoms with van der Waals surface area (Å²) >= 11 is 0. The van der Waals surface area contributed by atoms with E-state index in [-0.39, 0.29) is 24.3 Å². The van der Waals surface area contributed by atoms with E-state index in [1.807, 2.05) is 0 Å². The molecule has 0 aromatic carbocycles. The maximum absolute atomic E-state index is 11.9. The Labute approximate surface area is 110 Å². The minimum absolute atomic E-state index is 0.00207. The third-order valence-electron chi connectivity index (χ3n) is 2.62. The summed E-state index contributed by atoms with van der Waals surface area (Å²) in [5.74, 6) is -0.796. The van der Waals surface area contributed by atoms with E-state index >= 15 is 0 Å². The average Bonchev–Trinajstić information content (AvgIpc) is 2.27. The van der Waals surface area contributed by atoms with Gasteiger partial charge in [0.15, 0.2) is 5.60 Å². The van der Waals surface area contributed by atoms with Gasteiger partial charge in [0, 0.05) is 6.61 Å². The molecule has 0 atom stereocenters. The maximum Gasteiger partial charge on any atom is 0.309 e. The second-order valence-corrected chi connectivity index (χ2v) is 5.27. The van der Waals surface area contributed by atoms with E-state index in [2.05, 4.69) is 6.92 Å². The Morgan fingerprint density at radius 3 is 2.28 bits per heavy atom. The van der Waals surface area contributed by atoms with Crippen LogP contribution in [0.2, 0.25) is 0 Å². The number of carbonyl (C=O) groups is 2. The Balaban J connectivity index is 4.02. The van der Waals surface area contributed by atoms with Gasteiger partial charge in [0.2, 0.25) is 5.78 Å². The Hall–Kier alpha value is -0.900. The van der Waals surface area contributed by atoms with E-state index in [1.54, 1.807) is 27.7 Å². The molecule has 0 bridgehead atoms. The van der Waals surface area contributed by atoms with Gasteiger partial charge in [0.05, 0.1) is 5.92 Å². The van der Waals surface area contributed by atoms with Crippen LogP contribution in [0.4, 0.5) is 0 Å². The number of unbranched alkanes of at least 4 members (excludes halogenated alkanes) is 2. The molecule has 0 aliphatic rings. The Bertz CT molecular complexity index is 269. The van der Waals surface area contributed by atoms with Gasteiger partial charge in [-0.25, -0.2) is 0 Å². The van der Waals surface area contributed by atoms with Gasteiger partial charge in [0.25, 0.3) is 0 Å². The first-order valence-electron chi connectivity index (χ1n) is 6.65. The lowest BCUT2D eigenvalue weighted by Crippen LogP contribution is -2.40. The highest BCUT2D eigenvalue weighted by atomic mass is 16.6. The van der Waals surface area contributed by atoms with E-state index in [4.69, 9.17) is 9.47 Å². The van der Waals surface area contributed by atoms with Gasteiger partial charge in [-0.2, -0.15) is 0 Å². The Morgan fingerprint density at radius 1 is 1.17 bits per heavy atom. The van der Waals surface area contributed by atoms with Crippen molar-refractivity contribution in [3.8, 4) is 0 Å². The molecule has 0 heterocycles. The Morgan fingerprint density at radius 2 is 1.78 bits per heavy atom. The molecule has 0 aliphatic carbocycles. The van der Waals surface area contributed by atoms with Crippen LogP contribution in [0.3, 0.4) is 0 Å². The predicted molar refractivity (Wildman–Crippen MR) is 70.4 cm³/mol. The van der Waals surface area contributed by atoms with E-state index in [9.17, 15) is 9.59 Å². The van der Waals surface area contributed by atoms with Crippen molar-refractivity contribution in [1.82, 2.24) is 0 Å². The molecule has 0 N–H and O–H groups in total. The molecule has 0 aromatic rings. The van der Waals surface area contributed by atoms with Gasteiger partial charge in [-0.1, -0.05) is 33.6 Å². The topological polar surface area (TPSA) is 52.6 Å². The van der Waals surface area contributed by atoms with Crippen LogP contribution in [-0.4, -0.2) is 30.6 Å². The van der Waals surface area contributed by atoms with Crippen LogP contribution < -0.4 is 0 Å². The average molecular weight is 258 g/mol. The summed E-state index contributed by atoms with van der Waals surface area (Å²) in [6, 6.07) is 0. The molecule has 0 radical (unpaired) electrons. The van der Waals surface area contributed by atoms with E-state index in [0.717, 1.165) is 19.3 Å². The van der Waals surface area contributed by atoms with Crippen LogP contribution >= 0.6 is 0 Å². The van der Waals surface area contributed by atoms with Crippen molar-refractivity contribution in [1.29, 1.82) is 0 Å². The summed E-state index contributed by atoms with van der Waals surface area (Å²) < 4.78 is 10.5. The van der Waals surface area contributed by atoms with Crippen molar-refractivity contribution in [2.45, 2.75) is 59.5 Å². The fourth-order valence-corrected chi connectivity index (χ4v) is 1.22. The lowest BCUT2D eigenvalue weighted by Gasteiger charge is -2.24. The van der Waals surface area contributed by atoms with Crippen LogP contribution in [0.1, 0.15) is 53.9 Å². The molecule has 4 heteroatoms. The minimum Gasteiger partial charge on any atom is -0.451 e. The molecule has 0 saturated carbocycles. The van der Waals surface area contributed by atoms with Gasteiger partial charge in [-0.05, 0) is 20.3 Å². The molecule has 0 unspecified atom stereocenters. The Kier molecular flexibility index (Phi) is 7.83. The van der Waals surface area contributed by atoms with Crippen LogP contribution in [0.25, 0.3) is 0 Å². The zero-order valence-corrected chi connectivity index (χ0v) is 12.2. The molecular formula is C14H26O4. The van der Waals surface area contributed by atoms with Crippen LogP contribution in [-0.2, 0) is 19.1 Å².